The molecule has 0 bridgehead atoms. The first-order valence-electron chi connectivity index (χ1n) is 7.67. The summed E-state index contributed by atoms with van der Waals surface area (Å²) in [4.78, 5) is 12.0. The molecule has 0 aliphatic heterocycles. The number of amides is 1. The van der Waals surface area contributed by atoms with E-state index in [9.17, 15) is 4.79 Å². The lowest BCUT2D eigenvalue weighted by molar-refractivity contribution is -0.126. The molecule has 1 aliphatic carbocycles. The highest BCUT2D eigenvalue weighted by atomic mass is 79.9. The molecule has 1 amide bonds. The normalized spacial score (nSPS) is 26.0. The number of aryl methyl sites for hydroxylation is 1. The number of nitrogens with one attached hydrogen (secondary N) is 1. The van der Waals surface area contributed by atoms with Gasteiger partial charge in [-0.3, -0.25) is 9.48 Å². The summed E-state index contributed by atoms with van der Waals surface area (Å²) in [5.74, 6) is -0.235. The number of carbonyl (C=O) groups is 1. The largest absolute Gasteiger partial charge is 0.368 e. The van der Waals surface area contributed by atoms with Crippen LogP contribution in [0.15, 0.2) is 4.47 Å². The number of aromatic nitrogens is 2. The molecule has 1 fully saturated rings. The van der Waals surface area contributed by atoms with E-state index >= 15 is 0 Å². The Hall–Kier alpha value is -0.880. The molecular weight excluding hydrogens is 332 g/mol. The molecule has 1 saturated carbocycles. The summed E-state index contributed by atoms with van der Waals surface area (Å²) >= 11 is 3.58. The number of halogens is 1. The van der Waals surface area contributed by atoms with Crippen molar-refractivity contribution in [1.29, 1.82) is 0 Å². The van der Waals surface area contributed by atoms with Crippen LogP contribution in [0, 0.1) is 13.8 Å². The van der Waals surface area contributed by atoms with Gasteiger partial charge in [-0.05, 0) is 68.4 Å². The van der Waals surface area contributed by atoms with Gasteiger partial charge in [0.15, 0.2) is 0 Å². The molecule has 1 aromatic rings. The highest BCUT2D eigenvalue weighted by molar-refractivity contribution is 9.10. The highest BCUT2D eigenvalue weighted by Crippen LogP contribution is 2.37. The van der Waals surface area contributed by atoms with Crippen molar-refractivity contribution in [3.05, 3.63) is 15.9 Å². The first-order chi connectivity index (χ1) is 9.91. The van der Waals surface area contributed by atoms with Gasteiger partial charge in [0.1, 0.15) is 0 Å². The van der Waals surface area contributed by atoms with E-state index in [4.69, 9.17) is 5.73 Å². The van der Waals surface area contributed by atoms with Gasteiger partial charge in [0.2, 0.25) is 5.91 Å². The minimum atomic E-state index is -0.586. The summed E-state index contributed by atoms with van der Waals surface area (Å²) in [5, 5.41) is 8.03. The van der Waals surface area contributed by atoms with E-state index < -0.39 is 5.54 Å². The van der Waals surface area contributed by atoms with Gasteiger partial charge >= 0.3 is 0 Å². The zero-order chi connectivity index (χ0) is 15.6. The van der Waals surface area contributed by atoms with Gasteiger partial charge in [-0.15, -0.1) is 0 Å². The molecule has 21 heavy (non-hydrogen) atoms. The molecule has 1 heterocycles. The molecule has 1 aliphatic rings. The number of primary amides is 1. The molecule has 0 saturated heterocycles. The van der Waals surface area contributed by atoms with Crippen molar-refractivity contribution < 1.29 is 4.79 Å². The Morgan fingerprint density at radius 3 is 2.81 bits per heavy atom. The number of hydrogen-bond donors (Lipinski definition) is 2. The fourth-order valence-corrected chi connectivity index (χ4v) is 3.55. The summed E-state index contributed by atoms with van der Waals surface area (Å²) in [6.45, 7) is 6.97. The Morgan fingerprint density at radius 1 is 1.57 bits per heavy atom. The predicted molar refractivity (Wildman–Crippen MR) is 87.1 cm³/mol. The maximum absolute atomic E-state index is 12.0. The molecule has 6 heteroatoms. The van der Waals surface area contributed by atoms with E-state index in [-0.39, 0.29) is 11.9 Å². The smallest absolute Gasteiger partial charge is 0.237 e. The maximum atomic E-state index is 12.0. The van der Waals surface area contributed by atoms with Gasteiger partial charge in [0, 0.05) is 0 Å². The summed E-state index contributed by atoms with van der Waals surface area (Å²) in [6, 6.07) is 0.223. The molecule has 5 nitrogen and oxygen atoms in total. The third kappa shape index (κ3) is 3.16. The molecule has 2 atom stereocenters. The van der Waals surface area contributed by atoms with E-state index in [0.717, 1.165) is 54.5 Å². The lowest BCUT2D eigenvalue weighted by Gasteiger charge is -2.39. The van der Waals surface area contributed by atoms with Gasteiger partial charge in [-0.2, -0.15) is 5.10 Å². The molecule has 2 rings (SSSR count). The molecule has 0 radical (unpaired) electrons. The Kier molecular flexibility index (Phi) is 5.09. The standard InChI is InChI=1S/C15H25BrN4O/c1-4-8-18-15(14(17)21)7-5-6-12(9-15)20-11(3)13(16)10(2)19-20/h12,18H,4-9H2,1-3H3,(H2,17,21). The van der Waals surface area contributed by atoms with Crippen molar-refractivity contribution in [2.45, 2.75) is 64.5 Å². The van der Waals surface area contributed by atoms with Crippen molar-refractivity contribution >= 4 is 21.8 Å². The zero-order valence-electron chi connectivity index (χ0n) is 13.1. The maximum Gasteiger partial charge on any atom is 0.237 e. The predicted octanol–water partition coefficient (Wildman–Crippen LogP) is 2.60. The summed E-state index contributed by atoms with van der Waals surface area (Å²) in [6.07, 6.45) is 4.55. The topological polar surface area (TPSA) is 72.9 Å². The van der Waals surface area contributed by atoms with Crippen molar-refractivity contribution in [3.63, 3.8) is 0 Å². The van der Waals surface area contributed by atoms with Crippen LogP contribution in [0.2, 0.25) is 0 Å². The van der Waals surface area contributed by atoms with Gasteiger partial charge in [0.25, 0.3) is 0 Å². The van der Waals surface area contributed by atoms with E-state index in [2.05, 4.69) is 44.9 Å². The second-order valence-electron chi connectivity index (χ2n) is 6.05. The third-order valence-corrected chi connectivity index (χ3v) is 5.64. The van der Waals surface area contributed by atoms with Crippen molar-refractivity contribution in [3.8, 4) is 0 Å². The number of rotatable bonds is 5. The Labute approximate surface area is 134 Å². The third-order valence-electron chi connectivity index (χ3n) is 4.49. The molecule has 3 N–H and O–H groups in total. The molecule has 0 spiro atoms. The van der Waals surface area contributed by atoms with Gasteiger partial charge in [0.05, 0.1) is 27.4 Å². The van der Waals surface area contributed by atoms with E-state index in [1.54, 1.807) is 0 Å². The first kappa shape index (κ1) is 16.5. The average molecular weight is 357 g/mol. The highest BCUT2D eigenvalue weighted by Gasteiger charge is 2.42. The number of carbonyl (C=O) groups excluding carboxylic acids is 1. The fraction of sp³-hybridized carbons (Fsp3) is 0.733. The van der Waals surface area contributed by atoms with Crippen LogP contribution in [0.5, 0.6) is 0 Å². The van der Waals surface area contributed by atoms with E-state index in [1.807, 2.05) is 6.92 Å². The van der Waals surface area contributed by atoms with Crippen molar-refractivity contribution in [2.75, 3.05) is 6.54 Å². The Balaban J connectivity index is 2.26. The summed E-state index contributed by atoms with van der Waals surface area (Å²) in [5.41, 5.74) is 7.24. The summed E-state index contributed by atoms with van der Waals surface area (Å²) in [7, 11) is 0. The van der Waals surface area contributed by atoms with Crippen LogP contribution in [0.25, 0.3) is 0 Å². The fourth-order valence-electron chi connectivity index (χ4n) is 3.29. The van der Waals surface area contributed by atoms with Crippen LogP contribution in [0.1, 0.15) is 56.5 Å². The monoisotopic (exact) mass is 356 g/mol. The molecular formula is C15H25BrN4O. The van der Waals surface area contributed by atoms with Crippen LogP contribution in [0.3, 0.4) is 0 Å². The zero-order valence-corrected chi connectivity index (χ0v) is 14.7. The van der Waals surface area contributed by atoms with Crippen molar-refractivity contribution in [2.24, 2.45) is 5.73 Å². The SMILES string of the molecule is CCCNC1(C(N)=O)CCCC(n2nc(C)c(Br)c2C)C1. The average Bonchev–Trinajstić information content (AvgIpc) is 2.73. The lowest BCUT2D eigenvalue weighted by Crippen LogP contribution is -2.58. The van der Waals surface area contributed by atoms with Gasteiger partial charge in [-0.25, -0.2) is 0 Å². The molecule has 1 aromatic heterocycles. The number of hydrogen-bond acceptors (Lipinski definition) is 3. The number of nitrogens with two attached hydrogens (primary N) is 1. The number of nitrogens with zero attached hydrogens (tertiary/aromatic N) is 2. The second kappa shape index (κ2) is 6.48. The molecule has 2 unspecified atom stereocenters. The summed E-state index contributed by atoms with van der Waals surface area (Å²) < 4.78 is 3.11. The van der Waals surface area contributed by atoms with Crippen molar-refractivity contribution in [1.82, 2.24) is 15.1 Å². The van der Waals surface area contributed by atoms with Crippen LogP contribution in [0.4, 0.5) is 0 Å². The minimum Gasteiger partial charge on any atom is -0.368 e. The van der Waals surface area contributed by atoms with Crippen LogP contribution in [-0.2, 0) is 4.79 Å². The van der Waals surface area contributed by atoms with E-state index in [0.29, 0.717) is 0 Å². The lowest BCUT2D eigenvalue weighted by atomic mass is 9.78. The van der Waals surface area contributed by atoms with E-state index in [1.165, 1.54) is 0 Å². The molecule has 118 valence electrons. The minimum absolute atomic E-state index is 0.223. The van der Waals surface area contributed by atoms with Crippen LogP contribution in [-0.4, -0.2) is 27.8 Å². The Morgan fingerprint density at radius 2 is 2.29 bits per heavy atom. The first-order valence-corrected chi connectivity index (χ1v) is 8.46. The quantitative estimate of drug-likeness (QED) is 0.851. The molecule has 0 aromatic carbocycles. The van der Waals surface area contributed by atoms with Gasteiger partial charge in [-0.1, -0.05) is 6.92 Å². The van der Waals surface area contributed by atoms with Crippen LogP contribution >= 0.6 is 15.9 Å². The van der Waals surface area contributed by atoms with Crippen LogP contribution < -0.4 is 11.1 Å². The second-order valence-corrected chi connectivity index (χ2v) is 6.85. The Bertz CT molecular complexity index is 528. The van der Waals surface area contributed by atoms with Gasteiger partial charge < -0.3 is 11.1 Å².